The van der Waals surface area contributed by atoms with E-state index in [2.05, 4.69) is 30.9 Å². The van der Waals surface area contributed by atoms with Crippen LogP contribution in [-0.4, -0.2) is 0 Å². The fourth-order valence-electron chi connectivity index (χ4n) is 5.45. The van der Waals surface area contributed by atoms with E-state index in [9.17, 15) is 8.78 Å². The van der Waals surface area contributed by atoms with Crippen LogP contribution in [0.25, 0.3) is 0 Å². The molecule has 4 atom stereocenters. The van der Waals surface area contributed by atoms with E-state index in [1.54, 1.807) is 6.07 Å². The molecule has 2 fully saturated rings. The summed E-state index contributed by atoms with van der Waals surface area (Å²) < 4.78 is 28.9. The maximum absolute atomic E-state index is 14.9. The van der Waals surface area contributed by atoms with E-state index in [1.165, 1.54) is 37.8 Å². The highest BCUT2D eigenvalue weighted by molar-refractivity contribution is 5.45. The smallest absolute Gasteiger partial charge is 0.139 e. The number of allylic oxidation sites excluding steroid dienone is 2. The summed E-state index contributed by atoms with van der Waals surface area (Å²) in [6.45, 7) is 3.95. The van der Waals surface area contributed by atoms with Gasteiger partial charge in [0, 0.05) is 5.56 Å². The van der Waals surface area contributed by atoms with E-state index in [4.69, 9.17) is 0 Å². The van der Waals surface area contributed by atoms with Gasteiger partial charge in [0.15, 0.2) is 0 Å². The van der Waals surface area contributed by atoms with Crippen molar-refractivity contribution in [3.8, 4) is 11.8 Å². The summed E-state index contributed by atoms with van der Waals surface area (Å²) in [5.41, 5.74) is 2.63. The number of rotatable bonds is 2. The second-order valence-corrected chi connectivity index (χ2v) is 9.10. The summed E-state index contributed by atoms with van der Waals surface area (Å²) in [5.74, 6) is 7.83. The number of hydrogen-bond acceptors (Lipinski definition) is 0. The summed E-state index contributed by atoms with van der Waals surface area (Å²) in [7, 11) is 0. The molecule has 0 aromatic heterocycles. The zero-order chi connectivity index (χ0) is 21.1. The molecular formula is C28H30F2. The van der Waals surface area contributed by atoms with E-state index in [1.807, 2.05) is 25.1 Å². The molecule has 156 valence electrons. The Morgan fingerprint density at radius 3 is 2.43 bits per heavy atom. The molecule has 2 aliphatic carbocycles. The molecule has 2 aromatic carbocycles. The van der Waals surface area contributed by atoms with E-state index in [-0.39, 0.29) is 11.6 Å². The molecule has 0 spiro atoms. The molecule has 2 aliphatic rings. The third-order valence-electron chi connectivity index (χ3n) is 7.02. The molecule has 0 N–H and O–H groups in total. The zero-order valence-electron chi connectivity index (χ0n) is 17.9. The van der Waals surface area contributed by atoms with E-state index in [0.717, 1.165) is 41.7 Å². The lowest BCUT2D eigenvalue weighted by atomic mass is 9.64. The molecule has 0 nitrogen and oxygen atoms in total. The third kappa shape index (κ3) is 4.67. The predicted octanol–water partition coefficient (Wildman–Crippen LogP) is 7.55. The van der Waals surface area contributed by atoms with Gasteiger partial charge in [0.2, 0.25) is 0 Å². The lowest BCUT2D eigenvalue weighted by molar-refractivity contribution is 0.132. The maximum atomic E-state index is 14.9. The van der Waals surface area contributed by atoms with Crippen molar-refractivity contribution in [3.63, 3.8) is 0 Å². The topological polar surface area (TPSA) is 0 Å². The Balaban J connectivity index is 1.45. The van der Waals surface area contributed by atoms with Crippen molar-refractivity contribution in [2.75, 3.05) is 0 Å². The van der Waals surface area contributed by atoms with Crippen molar-refractivity contribution >= 4 is 0 Å². The summed E-state index contributed by atoms with van der Waals surface area (Å²) in [6, 6.07) is 10.3. The molecule has 0 saturated heterocycles. The van der Waals surface area contributed by atoms with Crippen LogP contribution in [0.2, 0.25) is 0 Å². The normalized spacial score (nSPS) is 26.1. The molecule has 2 heteroatoms. The lowest BCUT2D eigenvalue weighted by Crippen LogP contribution is -2.30. The number of fused-ring (bicyclic) bond motifs is 1. The van der Waals surface area contributed by atoms with Crippen molar-refractivity contribution in [2.24, 2.45) is 17.8 Å². The monoisotopic (exact) mass is 404 g/mol. The van der Waals surface area contributed by atoms with Crippen molar-refractivity contribution in [2.45, 2.75) is 58.3 Å². The molecule has 0 bridgehead atoms. The SMILES string of the molecule is C/C=C/C1CCC2CC(c3ccc(C#Cc4ccc(C)cc4F)cc3F)CCC2C1. The largest absolute Gasteiger partial charge is 0.207 e. The molecule has 30 heavy (non-hydrogen) atoms. The quantitative estimate of drug-likeness (QED) is 0.358. The molecule has 2 aromatic rings. The maximum Gasteiger partial charge on any atom is 0.139 e. The fourth-order valence-corrected chi connectivity index (χ4v) is 5.45. The molecule has 0 amide bonds. The minimum absolute atomic E-state index is 0.169. The minimum atomic E-state index is -0.333. The molecule has 4 rings (SSSR count). The van der Waals surface area contributed by atoms with Gasteiger partial charge in [-0.05, 0) is 111 Å². The highest BCUT2D eigenvalue weighted by Crippen LogP contribution is 2.48. The van der Waals surface area contributed by atoms with Crippen LogP contribution >= 0.6 is 0 Å². The first-order chi connectivity index (χ1) is 14.5. The van der Waals surface area contributed by atoms with Crippen molar-refractivity contribution in [3.05, 3.63) is 82.4 Å². The number of hydrogen-bond donors (Lipinski definition) is 0. The van der Waals surface area contributed by atoms with Crippen LogP contribution in [0.5, 0.6) is 0 Å². The minimum Gasteiger partial charge on any atom is -0.207 e. The van der Waals surface area contributed by atoms with Gasteiger partial charge in [-0.2, -0.15) is 0 Å². The highest BCUT2D eigenvalue weighted by Gasteiger charge is 2.35. The van der Waals surface area contributed by atoms with Crippen LogP contribution in [0, 0.1) is 48.2 Å². The van der Waals surface area contributed by atoms with Gasteiger partial charge < -0.3 is 0 Å². The predicted molar refractivity (Wildman–Crippen MR) is 119 cm³/mol. The molecule has 0 aliphatic heterocycles. The van der Waals surface area contributed by atoms with E-state index < -0.39 is 0 Å². The van der Waals surface area contributed by atoms with Gasteiger partial charge in [0.25, 0.3) is 0 Å². The summed E-state index contributed by atoms with van der Waals surface area (Å²) >= 11 is 0. The van der Waals surface area contributed by atoms with Crippen LogP contribution in [0.4, 0.5) is 8.78 Å². The first-order valence-corrected chi connectivity index (χ1v) is 11.2. The Bertz CT molecular complexity index is 991. The van der Waals surface area contributed by atoms with Gasteiger partial charge in [0.05, 0.1) is 5.56 Å². The average molecular weight is 405 g/mol. The van der Waals surface area contributed by atoms with Gasteiger partial charge in [-0.15, -0.1) is 0 Å². The zero-order valence-corrected chi connectivity index (χ0v) is 17.9. The van der Waals surface area contributed by atoms with Gasteiger partial charge in [0.1, 0.15) is 11.6 Å². The van der Waals surface area contributed by atoms with Gasteiger partial charge in [-0.1, -0.05) is 36.1 Å². The highest BCUT2D eigenvalue weighted by atomic mass is 19.1. The Hall–Kier alpha value is -2.40. The van der Waals surface area contributed by atoms with Crippen LogP contribution in [-0.2, 0) is 0 Å². The van der Waals surface area contributed by atoms with Crippen molar-refractivity contribution < 1.29 is 8.78 Å². The summed E-state index contributed by atoms with van der Waals surface area (Å²) in [5, 5.41) is 0. The van der Waals surface area contributed by atoms with Crippen LogP contribution in [0.1, 0.15) is 73.6 Å². The standard InChI is InChI=1S/C28H30F2/c1-3-4-20-7-11-24-18-25(13-12-23(24)16-20)26-14-8-21(17-28(26)30)6-10-22-9-5-19(2)15-27(22)29/h3-5,8-9,14-15,17,20,23-25H,7,11-13,16,18H2,1-2H3/b4-3+. The van der Waals surface area contributed by atoms with Gasteiger partial charge in [-0.25, -0.2) is 8.78 Å². The van der Waals surface area contributed by atoms with E-state index in [0.29, 0.717) is 17.0 Å². The molecule has 4 unspecified atom stereocenters. The van der Waals surface area contributed by atoms with Crippen LogP contribution < -0.4 is 0 Å². The molecule has 2 saturated carbocycles. The Morgan fingerprint density at radius 1 is 0.867 bits per heavy atom. The summed E-state index contributed by atoms with van der Waals surface area (Å²) in [4.78, 5) is 0. The van der Waals surface area contributed by atoms with Crippen LogP contribution in [0.15, 0.2) is 48.6 Å². The van der Waals surface area contributed by atoms with Gasteiger partial charge in [-0.3, -0.25) is 0 Å². The van der Waals surface area contributed by atoms with Crippen LogP contribution in [0.3, 0.4) is 0 Å². The number of benzene rings is 2. The Morgan fingerprint density at radius 2 is 1.67 bits per heavy atom. The second-order valence-electron chi connectivity index (χ2n) is 9.10. The number of aryl methyl sites for hydroxylation is 1. The van der Waals surface area contributed by atoms with E-state index >= 15 is 0 Å². The molecule has 0 heterocycles. The second kappa shape index (κ2) is 9.17. The average Bonchev–Trinajstić information content (AvgIpc) is 2.73. The Labute approximate surface area is 179 Å². The van der Waals surface area contributed by atoms with Gasteiger partial charge >= 0.3 is 0 Å². The Kier molecular flexibility index (Phi) is 6.38. The molecule has 0 radical (unpaired) electrons. The first-order valence-electron chi connectivity index (χ1n) is 11.2. The van der Waals surface area contributed by atoms with Crippen molar-refractivity contribution in [1.29, 1.82) is 0 Å². The fraction of sp³-hybridized carbons (Fsp3) is 0.429. The lowest BCUT2D eigenvalue weighted by Gasteiger charge is -2.41. The number of halogens is 2. The first kappa shape index (κ1) is 20.9. The van der Waals surface area contributed by atoms with Crippen molar-refractivity contribution in [1.82, 2.24) is 0 Å². The molecular weight excluding hydrogens is 374 g/mol. The third-order valence-corrected chi connectivity index (χ3v) is 7.02. The summed E-state index contributed by atoms with van der Waals surface area (Å²) in [6.07, 6.45) is 11.8.